The van der Waals surface area contributed by atoms with Crippen LogP contribution in [-0.2, 0) is 10.9 Å². The number of esters is 1. The number of rotatable bonds is 2. The van der Waals surface area contributed by atoms with Crippen molar-refractivity contribution < 1.29 is 22.7 Å². The molecule has 18 heavy (non-hydrogen) atoms. The van der Waals surface area contributed by atoms with Crippen LogP contribution in [0, 0.1) is 11.3 Å². The molecule has 0 aromatic heterocycles. The summed E-state index contributed by atoms with van der Waals surface area (Å²) >= 11 is 5.64. The zero-order valence-corrected chi connectivity index (χ0v) is 9.89. The Balaban J connectivity index is 3.41. The topological polar surface area (TPSA) is 50.1 Å². The number of nitrogens with zero attached hydrogens (tertiary/aromatic N) is 1. The highest BCUT2D eigenvalue weighted by Crippen LogP contribution is 2.34. The van der Waals surface area contributed by atoms with E-state index in [1.54, 1.807) is 0 Å². The third-order valence-electron chi connectivity index (χ3n) is 2.03. The van der Waals surface area contributed by atoms with Crippen LogP contribution in [0.2, 0.25) is 5.02 Å². The van der Waals surface area contributed by atoms with E-state index in [4.69, 9.17) is 16.9 Å². The number of hydrogen-bond donors (Lipinski definition) is 0. The molecule has 3 nitrogen and oxygen atoms in total. The Bertz CT molecular complexity index is 520. The molecular formula is C11H7ClF3NO2. The van der Waals surface area contributed by atoms with Crippen LogP contribution in [0.25, 0.3) is 0 Å². The largest absolute Gasteiger partial charge is 0.462 e. The van der Waals surface area contributed by atoms with Crippen LogP contribution in [0.3, 0.4) is 0 Å². The van der Waals surface area contributed by atoms with Crippen molar-refractivity contribution in [1.29, 1.82) is 5.26 Å². The summed E-state index contributed by atoms with van der Waals surface area (Å²) in [6, 6.07) is 2.71. The fourth-order valence-corrected chi connectivity index (χ4v) is 1.51. The second-order valence-corrected chi connectivity index (χ2v) is 3.61. The number of alkyl halides is 3. The molecule has 0 saturated carbocycles. The molecule has 0 fully saturated rings. The first-order valence-electron chi connectivity index (χ1n) is 4.79. The van der Waals surface area contributed by atoms with Crippen LogP contribution in [0.1, 0.15) is 28.4 Å². The summed E-state index contributed by atoms with van der Waals surface area (Å²) in [4.78, 5) is 11.4. The highest BCUT2D eigenvalue weighted by Gasteiger charge is 2.35. The fraction of sp³-hybridized carbons (Fsp3) is 0.273. The first kappa shape index (κ1) is 14.3. The molecule has 0 unspecified atom stereocenters. The molecule has 0 N–H and O–H groups in total. The van der Waals surface area contributed by atoms with Gasteiger partial charge in [0.05, 0.1) is 34.4 Å². The molecule has 0 heterocycles. The van der Waals surface area contributed by atoms with Gasteiger partial charge in [-0.1, -0.05) is 11.6 Å². The van der Waals surface area contributed by atoms with Gasteiger partial charge in [-0.05, 0) is 19.1 Å². The van der Waals surface area contributed by atoms with E-state index in [1.807, 2.05) is 0 Å². The van der Waals surface area contributed by atoms with Gasteiger partial charge in [0.15, 0.2) is 0 Å². The van der Waals surface area contributed by atoms with Crippen molar-refractivity contribution in [3.63, 3.8) is 0 Å². The summed E-state index contributed by atoms with van der Waals surface area (Å²) in [5, 5.41) is 8.36. The fourth-order valence-electron chi connectivity index (χ4n) is 1.27. The van der Waals surface area contributed by atoms with Crippen molar-refractivity contribution in [3.05, 3.63) is 33.8 Å². The summed E-state index contributed by atoms with van der Waals surface area (Å²) in [6.45, 7) is 1.52. The Morgan fingerprint density at radius 2 is 2.11 bits per heavy atom. The van der Waals surface area contributed by atoms with Gasteiger partial charge in [0.25, 0.3) is 0 Å². The highest BCUT2D eigenvalue weighted by molar-refractivity contribution is 6.33. The van der Waals surface area contributed by atoms with E-state index in [-0.39, 0.29) is 11.6 Å². The highest BCUT2D eigenvalue weighted by atomic mass is 35.5. The van der Waals surface area contributed by atoms with E-state index in [9.17, 15) is 18.0 Å². The van der Waals surface area contributed by atoms with Crippen LogP contribution in [0.4, 0.5) is 13.2 Å². The molecule has 0 amide bonds. The Labute approximate surface area is 106 Å². The van der Waals surface area contributed by atoms with Gasteiger partial charge < -0.3 is 4.74 Å². The lowest BCUT2D eigenvalue weighted by atomic mass is 10.0. The van der Waals surface area contributed by atoms with Crippen LogP contribution in [0.5, 0.6) is 0 Å². The van der Waals surface area contributed by atoms with Crippen LogP contribution in [-0.4, -0.2) is 12.6 Å². The molecular weight excluding hydrogens is 271 g/mol. The third-order valence-corrected chi connectivity index (χ3v) is 2.34. The van der Waals surface area contributed by atoms with Crippen molar-refractivity contribution >= 4 is 17.6 Å². The van der Waals surface area contributed by atoms with Gasteiger partial charge in [-0.3, -0.25) is 0 Å². The van der Waals surface area contributed by atoms with Gasteiger partial charge in [-0.25, -0.2) is 4.79 Å². The predicted molar refractivity (Wildman–Crippen MR) is 57.1 cm³/mol. The Hall–Kier alpha value is -1.74. The lowest BCUT2D eigenvalue weighted by Crippen LogP contribution is -2.12. The van der Waals surface area contributed by atoms with Crippen molar-refractivity contribution in [1.82, 2.24) is 0 Å². The predicted octanol–water partition coefficient (Wildman–Crippen LogP) is 3.41. The first-order valence-corrected chi connectivity index (χ1v) is 5.17. The van der Waals surface area contributed by atoms with Gasteiger partial charge >= 0.3 is 12.1 Å². The number of carbonyl (C=O) groups excluding carboxylic acids is 1. The molecule has 0 aliphatic heterocycles. The summed E-state index contributed by atoms with van der Waals surface area (Å²) in [5.74, 6) is -0.961. The molecule has 0 aliphatic rings. The SMILES string of the molecule is CCOC(=O)c1cc(C(F)(F)F)c(C#N)cc1Cl. The molecule has 1 rings (SSSR count). The van der Waals surface area contributed by atoms with E-state index in [0.717, 1.165) is 6.07 Å². The molecule has 0 spiro atoms. The van der Waals surface area contributed by atoms with Crippen molar-refractivity contribution in [2.75, 3.05) is 6.61 Å². The molecule has 0 atom stereocenters. The van der Waals surface area contributed by atoms with Gasteiger partial charge in [0, 0.05) is 0 Å². The van der Waals surface area contributed by atoms with E-state index in [2.05, 4.69) is 4.74 Å². The van der Waals surface area contributed by atoms with E-state index >= 15 is 0 Å². The zero-order valence-electron chi connectivity index (χ0n) is 9.14. The second-order valence-electron chi connectivity index (χ2n) is 3.21. The number of carbonyl (C=O) groups is 1. The third kappa shape index (κ3) is 2.93. The average Bonchev–Trinajstić information content (AvgIpc) is 2.27. The van der Waals surface area contributed by atoms with Crippen molar-refractivity contribution in [3.8, 4) is 6.07 Å². The standard InChI is InChI=1S/C11H7ClF3NO2/c1-2-18-10(17)7-4-8(11(13,14)15)6(5-16)3-9(7)12/h3-4H,2H2,1H3. The Morgan fingerprint density at radius 3 is 2.56 bits per heavy atom. The smallest absolute Gasteiger partial charge is 0.417 e. The molecule has 0 radical (unpaired) electrons. The van der Waals surface area contributed by atoms with E-state index in [1.165, 1.54) is 13.0 Å². The van der Waals surface area contributed by atoms with E-state index in [0.29, 0.717) is 6.07 Å². The van der Waals surface area contributed by atoms with E-state index < -0.39 is 28.8 Å². The summed E-state index contributed by atoms with van der Waals surface area (Å²) in [5.41, 5.74) is -2.26. The molecule has 1 aromatic carbocycles. The number of benzene rings is 1. The first-order chi connectivity index (χ1) is 8.31. The number of halogens is 4. The number of nitriles is 1. The normalized spacial score (nSPS) is 10.9. The number of ether oxygens (including phenoxy) is 1. The molecule has 96 valence electrons. The minimum absolute atomic E-state index is 0.0104. The van der Waals surface area contributed by atoms with Crippen LogP contribution < -0.4 is 0 Å². The van der Waals surface area contributed by atoms with Gasteiger partial charge in [0.1, 0.15) is 0 Å². The second kappa shape index (κ2) is 5.27. The Kier molecular flexibility index (Phi) is 4.19. The summed E-state index contributed by atoms with van der Waals surface area (Å²) in [7, 11) is 0. The minimum Gasteiger partial charge on any atom is -0.462 e. The minimum atomic E-state index is -4.74. The zero-order chi connectivity index (χ0) is 13.9. The van der Waals surface area contributed by atoms with Crippen molar-refractivity contribution in [2.24, 2.45) is 0 Å². The van der Waals surface area contributed by atoms with Crippen LogP contribution in [0.15, 0.2) is 12.1 Å². The quantitative estimate of drug-likeness (QED) is 0.778. The lowest BCUT2D eigenvalue weighted by Gasteiger charge is -2.11. The van der Waals surface area contributed by atoms with Crippen molar-refractivity contribution in [2.45, 2.75) is 13.1 Å². The molecule has 0 bridgehead atoms. The molecule has 7 heteroatoms. The monoisotopic (exact) mass is 277 g/mol. The lowest BCUT2D eigenvalue weighted by molar-refractivity contribution is -0.137. The van der Waals surface area contributed by atoms with Gasteiger partial charge in [-0.15, -0.1) is 0 Å². The van der Waals surface area contributed by atoms with Gasteiger partial charge in [-0.2, -0.15) is 18.4 Å². The Morgan fingerprint density at radius 1 is 1.50 bits per heavy atom. The number of hydrogen-bond acceptors (Lipinski definition) is 3. The summed E-state index contributed by atoms with van der Waals surface area (Å²) < 4.78 is 42.5. The summed E-state index contributed by atoms with van der Waals surface area (Å²) in [6.07, 6.45) is -4.74. The maximum Gasteiger partial charge on any atom is 0.417 e. The molecule has 0 aliphatic carbocycles. The van der Waals surface area contributed by atoms with Gasteiger partial charge in [0.2, 0.25) is 0 Å². The maximum absolute atomic E-state index is 12.7. The average molecular weight is 278 g/mol. The maximum atomic E-state index is 12.7. The molecule has 1 aromatic rings. The van der Waals surface area contributed by atoms with Crippen LogP contribution >= 0.6 is 11.6 Å². The molecule has 0 saturated heterocycles.